The highest BCUT2D eigenvalue weighted by Crippen LogP contribution is 2.30. The molecule has 1 fully saturated rings. The number of guanidine groups is 1. The van der Waals surface area contributed by atoms with E-state index in [0.717, 1.165) is 61.9 Å². The first-order chi connectivity index (χ1) is 13.2. The second-order valence-electron chi connectivity index (χ2n) is 7.13. The summed E-state index contributed by atoms with van der Waals surface area (Å²) in [5.41, 5.74) is 6.46. The highest BCUT2D eigenvalue weighted by molar-refractivity contribution is 5.80. The third-order valence-corrected chi connectivity index (χ3v) is 4.87. The van der Waals surface area contributed by atoms with Crippen molar-refractivity contribution in [1.29, 1.82) is 0 Å². The van der Waals surface area contributed by atoms with Gasteiger partial charge in [-0.05, 0) is 43.4 Å². The van der Waals surface area contributed by atoms with E-state index in [1.54, 1.807) is 0 Å². The van der Waals surface area contributed by atoms with Crippen LogP contribution in [0.25, 0.3) is 0 Å². The number of rotatable bonds is 5. The molecule has 1 amide bonds. The van der Waals surface area contributed by atoms with Gasteiger partial charge in [0.25, 0.3) is 0 Å². The highest BCUT2D eigenvalue weighted by atomic mass is 16.5. The molecule has 1 unspecified atom stereocenters. The van der Waals surface area contributed by atoms with Gasteiger partial charge in [-0.2, -0.15) is 0 Å². The maximum Gasteiger partial charge on any atom is 0.217 e. The van der Waals surface area contributed by atoms with Gasteiger partial charge in [-0.3, -0.25) is 4.79 Å². The van der Waals surface area contributed by atoms with Gasteiger partial charge in [0.2, 0.25) is 5.91 Å². The predicted molar refractivity (Wildman–Crippen MR) is 105 cm³/mol. The van der Waals surface area contributed by atoms with Crippen molar-refractivity contribution in [1.82, 2.24) is 10.2 Å². The number of ether oxygens (including phenoxy) is 2. The molecule has 2 aliphatic heterocycles. The molecule has 2 aliphatic rings. The second-order valence-corrected chi connectivity index (χ2v) is 7.13. The van der Waals surface area contributed by atoms with Crippen LogP contribution in [0.3, 0.4) is 0 Å². The van der Waals surface area contributed by atoms with Crippen molar-refractivity contribution >= 4 is 11.9 Å². The Labute approximate surface area is 160 Å². The summed E-state index contributed by atoms with van der Waals surface area (Å²) in [5, 5.41) is 3.37. The molecule has 1 aromatic rings. The van der Waals surface area contributed by atoms with E-state index in [4.69, 9.17) is 20.2 Å². The second kappa shape index (κ2) is 9.48. The number of nitrogens with zero attached hydrogens (tertiary/aromatic N) is 2. The Morgan fingerprint density at radius 2 is 2.11 bits per heavy atom. The van der Waals surface area contributed by atoms with E-state index in [1.165, 1.54) is 0 Å². The monoisotopic (exact) mass is 374 g/mol. The van der Waals surface area contributed by atoms with Gasteiger partial charge in [-0.15, -0.1) is 0 Å². The van der Waals surface area contributed by atoms with E-state index in [2.05, 4.69) is 17.1 Å². The average molecular weight is 374 g/mol. The lowest BCUT2D eigenvalue weighted by molar-refractivity contribution is -0.119. The largest absolute Gasteiger partial charge is 0.490 e. The smallest absolute Gasteiger partial charge is 0.217 e. The summed E-state index contributed by atoms with van der Waals surface area (Å²) in [4.78, 5) is 18.3. The highest BCUT2D eigenvalue weighted by Gasteiger charge is 2.23. The Hall–Kier alpha value is -2.44. The van der Waals surface area contributed by atoms with Crippen LogP contribution in [0.5, 0.6) is 11.5 Å². The van der Waals surface area contributed by atoms with Crippen LogP contribution in [-0.4, -0.2) is 49.6 Å². The van der Waals surface area contributed by atoms with E-state index in [9.17, 15) is 4.79 Å². The summed E-state index contributed by atoms with van der Waals surface area (Å²) in [7, 11) is 0. The van der Waals surface area contributed by atoms with Gasteiger partial charge in [-0.25, -0.2) is 4.99 Å². The molecule has 148 valence electrons. The van der Waals surface area contributed by atoms with Gasteiger partial charge in [-0.1, -0.05) is 6.07 Å². The van der Waals surface area contributed by atoms with Crippen molar-refractivity contribution in [3.8, 4) is 11.5 Å². The van der Waals surface area contributed by atoms with Crippen LogP contribution in [-0.2, 0) is 11.3 Å². The standard InChI is InChI=1S/C20H30N4O3/c1-2-22-20(24-8-3-5-16(14-24)12-19(21)25)23-13-15-6-7-17-18(11-15)27-10-4-9-26-17/h6-7,11,16H,2-5,8-10,12-14H2,1H3,(H2,21,25)(H,22,23). The van der Waals surface area contributed by atoms with E-state index in [-0.39, 0.29) is 5.91 Å². The molecule has 2 heterocycles. The first kappa shape index (κ1) is 19.3. The fourth-order valence-corrected chi connectivity index (χ4v) is 3.61. The molecule has 27 heavy (non-hydrogen) atoms. The molecule has 0 spiro atoms. The van der Waals surface area contributed by atoms with Gasteiger partial charge in [0, 0.05) is 32.5 Å². The number of nitrogens with one attached hydrogen (secondary N) is 1. The molecule has 0 aromatic heterocycles. The van der Waals surface area contributed by atoms with E-state index in [1.807, 2.05) is 18.2 Å². The summed E-state index contributed by atoms with van der Waals surface area (Å²) >= 11 is 0. The number of carbonyl (C=O) groups is 1. The number of hydrogen-bond donors (Lipinski definition) is 2. The molecule has 1 aromatic carbocycles. The van der Waals surface area contributed by atoms with E-state index in [0.29, 0.717) is 32.1 Å². The first-order valence-electron chi connectivity index (χ1n) is 9.85. The van der Waals surface area contributed by atoms with Crippen LogP contribution in [0, 0.1) is 5.92 Å². The molecule has 0 bridgehead atoms. The lowest BCUT2D eigenvalue weighted by Crippen LogP contribution is -2.47. The van der Waals surface area contributed by atoms with Gasteiger partial charge >= 0.3 is 0 Å². The molecule has 1 atom stereocenters. The number of likely N-dealkylation sites (tertiary alicyclic amines) is 1. The quantitative estimate of drug-likeness (QED) is 0.607. The number of piperidine rings is 1. The molecule has 7 nitrogen and oxygen atoms in total. The third-order valence-electron chi connectivity index (χ3n) is 4.87. The average Bonchev–Trinajstić information content (AvgIpc) is 2.89. The van der Waals surface area contributed by atoms with Gasteiger partial charge in [0.15, 0.2) is 17.5 Å². The molecule has 0 saturated carbocycles. The number of nitrogens with two attached hydrogens (primary N) is 1. The van der Waals surface area contributed by atoms with Gasteiger partial charge in [0.05, 0.1) is 19.8 Å². The minimum atomic E-state index is -0.226. The number of amides is 1. The van der Waals surface area contributed by atoms with Crippen molar-refractivity contribution in [2.45, 2.75) is 39.2 Å². The SMILES string of the molecule is CCNC(=NCc1ccc2c(c1)OCCCO2)N1CCCC(CC(N)=O)C1. The molecule has 0 aliphatic carbocycles. The zero-order valence-corrected chi connectivity index (χ0v) is 16.1. The van der Waals surface area contributed by atoms with Crippen molar-refractivity contribution < 1.29 is 14.3 Å². The van der Waals surface area contributed by atoms with Crippen LogP contribution in [0.4, 0.5) is 0 Å². The number of aliphatic imine (C=N–C) groups is 1. The van der Waals surface area contributed by atoms with Crippen molar-refractivity contribution in [3.63, 3.8) is 0 Å². The number of fused-ring (bicyclic) bond motifs is 1. The van der Waals surface area contributed by atoms with Crippen LogP contribution < -0.4 is 20.5 Å². The zero-order chi connectivity index (χ0) is 19.1. The molecule has 3 rings (SSSR count). The molecule has 7 heteroatoms. The van der Waals surface area contributed by atoms with Crippen molar-refractivity contribution in [3.05, 3.63) is 23.8 Å². The van der Waals surface area contributed by atoms with Crippen LogP contribution in [0.15, 0.2) is 23.2 Å². The Balaban J connectivity index is 1.68. The molecular formula is C20H30N4O3. The maximum absolute atomic E-state index is 11.3. The summed E-state index contributed by atoms with van der Waals surface area (Å²) in [5.74, 6) is 2.56. The Bertz CT molecular complexity index is 677. The molecule has 1 saturated heterocycles. The fourth-order valence-electron chi connectivity index (χ4n) is 3.61. The van der Waals surface area contributed by atoms with E-state index < -0.39 is 0 Å². The van der Waals surface area contributed by atoms with Crippen molar-refractivity contribution in [2.24, 2.45) is 16.6 Å². The summed E-state index contributed by atoms with van der Waals surface area (Å²) in [6, 6.07) is 6.01. The van der Waals surface area contributed by atoms with Gasteiger partial charge in [0.1, 0.15) is 0 Å². The van der Waals surface area contributed by atoms with Gasteiger partial charge < -0.3 is 25.4 Å². The number of hydrogen-bond acceptors (Lipinski definition) is 4. The first-order valence-corrected chi connectivity index (χ1v) is 9.85. The third kappa shape index (κ3) is 5.52. The van der Waals surface area contributed by atoms with Crippen LogP contribution in [0.1, 0.15) is 38.2 Å². The molecule has 3 N–H and O–H groups in total. The summed E-state index contributed by atoms with van der Waals surface area (Å²) < 4.78 is 11.5. The minimum absolute atomic E-state index is 0.226. The fraction of sp³-hybridized carbons (Fsp3) is 0.600. The summed E-state index contributed by atoms with van der Waals surface area (Å²) in [6.45, 7) is 6.56. The number of carbonyl (C=O) groups excluding carboxylic acids is 1. The zero-order valence-electron chi connectivity index (χ0n) is 16.1. The lowest BCUT2D eigenvalue weighted by Gasteiger charge is -2.34. The number of primary amides is 1. The van der Waals surface area contributed by atoms with Crippen molar-refractivity contribution in [2.75, 3.05) is 32.8 Å². The Kier molecular flexibility index (Phi) is 6.79. The molecular weight excluding hydrogens is 344 g/mol. The van der Waals surface area contributed by atoms with Crippen LogP contribution >= 0.6 is 0 Å². The summed E-state index contributed by atoms with van der Waals surface area (Å²) in [6.07, 6.45) is 3.43. The predicted octanol–water partition coefficient (Wildman–Crippen LogP) is 1.90. The maximum atomic E-state index is 11.3. The normalized spacial score (nSPS) is 20.1. The Morgan fingerprint density at radius 1 is 1.30 bits per heavy atom. The topological polar surface area (TPSA) is 89.2 Å². The molecule has 0 radical (unpaired) electrons. The number of benzene rings is 1. The van der Waals surface area contributed by atoms with Crippen LogP contribution in [0.2, 0.25) is 0 Å². The lowest BCUT2D eigenvalue weighted by atomic mass is 9.95. The Morgan fingerprint density at radius 3 is 2.89 bits per heavy atom. The minimum Gasteiger partial charge on any atom is -0.490 e. The van der Waals surface area contributed by atoms with E-state index >= 15 is 0 Å².